The Hall–Kier alpha value is -0.840. The van der Waals surface area contributed by atoms with Gasteiger partial charge in [0.25, 0.3) is 0 Å². The Morgan fingerprint density at radius 1 is 1.38 bits per heavy atom. The number of halogens is 1. The van der Waals surface area contributed by atoms with Crippen LogP contribution in [0.3, 0.4) is 0 Å². The summed E-state index contributed by atoms with van der Waals surface area (Å²) in [5, 5.41) is 16.7. The van der Waals surface area contributed by atoms with Crippen molar-refractivity contribution in [3.63, 3.8) is 0 Å². The van der Waals surface area contributed by atoms with Gasteiger partial charge in [-0.05, 0) is 40.6 Å². The Morgan fingerprint density at radius 2 is 2.25 bits per heavy atom. The molecule has 0 spiro atoms. The number of anilines is 1. The van der Waals surface area contributed by atoms with Gasteiger partial charge in [0.2, 0.25) is 0 Å². The summed E-state index contributed by atoms with van der Waals surface area (Å²) in [6.07, 6.45) is 0. The zero-order valence-corrected chi connectivity index (χ0v) is 11.0. The van der Waals surface area contributed by atoms with E-state index in [0.29, 0.717) is 0 Å². The van der Waals surface area contributed by atoms with Crippen LogP contribution < -0.4 is 5.32 Å². The molecule has 0 aliphatic heterocycles. The molecule has 84 valence electrons. The number of rotatable bonds is 4. The number of benzene rings is 1. The van der Waals surface area contributed by atoms with Gasteiger partial charge >= 0.3 is 0 Å². The Morgan fingerprint density at radius 3 is 2.88 bits per heavy atom. The van der Waals surface area contributed by atoms with Gasteiger partial charge in [-0.1, -0.05) is 22.0 Å². The molecule has 1 aromatic heterocycles. The van der Waals surface area contributed by atoms with Crippen LogP contribution in [0, 0.1) is 0 Å². The van der Waals surface area contributed by atoms with Gasteiger partial charge in [0.05, 0.1) is 12.6 Å². The van der Waals surface area contributed by atoms with Crippen LogP contribution in [0.15, 0.2) is 45.6 Å². The average Bonchev–Trinajstić information content (AvgIpc) is 2.79. The average molecular weight is 298 g/mol. The second-order valence-electron chi connectivity index (χ2n) is 3.45. The molecule has 0 saturated carbocycles. The molecule has 1 aromatic carbocycles. The van der Waals surface area contributed by atoms with E-state index >= 15 is 0 Å². The first kappa shape index (κ1) is 11.6. The number of nitrogens with one attached hydrogen (secondary N) is 1. The predicted octanol–water partition coefficient (Wildman–Crippen LogP) is 3.66. The van der Waals surface area contributed by atoms with Gasteiger partial charge in [-0.25, -0.2) is 0 Å². The van der Waals surface area contributed by atoms with Crippen molar-refractivity contribution in [1.82, 2.24) is 0 Å². The number of hydrogen-bond acceptors (Lipinski definition) is 3. The fourth-order valence-corrected chi connectivity index (χ4v) is 2.60. The van der Waals surface area contributed by atoms with E-state index in [9.17, 15) is 5.11 Å². The molecular formula is C12H12BrNOS. The summed E-state index contributed by atoms with van der Waals surface area (Å²) in [5.74, 6) is 0. The lowest BCUT2D eigenvalue weighted by atomic mass is 10.1. The molecule has 0 saturated heterocycles. The molecule has 0 radical (unpaired) electrons. The summed E-state index contributed by atoms with van der Waals surface area (Å²) in [6, 6.07) is 9.91. The standard InChI is InChI=1S/C12H12BrNOS/c13-10-2-1-3-11(6-10)14-12(7-15)9-4-5-16-8-9/h1-6,8,12,14-15H,7H2. The van der Waals surface area contributed by atoms with E-state index < -0.39 is 0 Å². The van der Waals surface area contributed by atoms with Crippen LogP contribution in [-0.4, -0.2) is 11.7 Å². The first-order valence-electron chi connectivity index (χ1n) is 4.94. The molecular weight excluding hydrogens is 286 g/mol. The van der Waals surface area contributed by atoms with E-state index in [1.165, 1.54) is 0 Å². The quantitative estimate of drug-likeness (QED) is 0.903. The molecule has 2 aromatic rings. The van der Waals surface area contributed by atoms with Crippen molar-refractivity contribution in [1.29, 1.82) is 0 Å². The van der Waals surface area contributed by atoms with Crippen molar-refractivity contribution in [2.45, 2.75) is 6.04 Å². The van der Waals surface area contributed by atoms with E-state index in [0.717, 1.165) is 15.7 Å². The molecule has 0 fully saturated rings. The van der Waals surface area contributed by atoms with Crippen LogP contribution in [0.25, 0.3) is 0 Å². The van der Waals surface area contributed by atoms with Crippen LogP contribution >= 0.6 is 27.3 Å². The third kappa shape index (κ3) is 2.84. The lowest BCUT2D eigenvalue weighted by Gasteiger charge is -2.16. The molecule has 0 amide bonds. The fourth-order valence-electron chi connectivity index (χ4n) is 1.49. The zero-order chi connectivity index (χ0) is 11.4. The van der Waals surface area contributed by atoms with Crippen LogP contribution in [0.5, 0.6) is 0 Å². The van der Waals surface area contributed by atoms with Crippen molar-refractivity contribution < 1.29 is 5.11 Å². The highest BCUT2D eigenvalue weighted by atomic mass is 79.9. The summed E-state index contributed by atoms with van der Waals surface area (Å²) in [6.45, 7) is 0.0866. The zero-order valence-electron chi connectivity index (χ0n) is 8.56. The molecule has 16 heavy (non-hydrogen) atoms. The second kappa shape index (κ2) is 5.48. The molecule has 1 unspecified atom stereocenters. The lowest BCUT2D eigenvalue weighted by Crippen LogP contribution is -2.13. The smallest absolute Gasteiger partial charge is 0.0753 e. The van der Waals surface area contributed by atoms with E-state index in [1.54, 1.807) is 11.3 Å². The number of thiophene rings is 1. The Bertz CT molecular complexity index is 444. The minimum Gasteiger partial charge on any atom is -0.394 e. The SMILES string of the molecule is OCC(Nc1cccc(Br)c1)c1ccsc1. The third-order valence-electron chi connectivity index (χ3n) is 2.29. The molecule has 1 atom stereocenters. The fraction of sp³-hybridized carbons (Fsp3) is 0.167. The maximum absolute atomic E-state index is 9.36. The third-order valence-corrected chi connectivity index (χ3v) is 3.49. The van der Waals surface area contributed by atoms with Gasteiger partial charge in [-0.15, -0.1) is 0 Å². The lowest BCUT2D eigenvalue weighted by molar-refractivity contribution is 0.276. The van der Waals surface area contributed by atoms with Gasteiger partial charge in [0.1, 0.15) is 0 Å². The molecule has 0 aliphatic rings. The normalized spacial score (nSPS) is 12.4. The van der Waals surface area contributed by atoms with Gasteiger partial charge in [-0.2, -0.15) is 11.3 Å². The molecule has 2 rings (SSSR count). The Labute approximate surface area is 107 Å². The summed E-state index contributed by atoms with van der Waals surface area (Å²) < 4.78 is 1.03. The van der Waals surface area contributed by atoms with Gasteiger partial charge in [-0.3, -0.25) is 0 Å². The first-order chi connectivity index (χ1) is 7.79. The summed E-state index contributed by atoms with van der Waals surface area (Å²) in [7, 11) is 0. The molecule has 1 heterocycles. The topological polar surface area (TPSA) is 32.3 Å². The summed E-state index contributed by atoms with van der Waals surface area (Å²) in [4.78, 5) is 0. The van der Waals surface area contributed by atoms with E-state index in [2.05, 4.69) is 21.2 Å². The van der Waals surface area contributed by atoms with Gasteiger partial charge < -0.3 is 10.4 Å². The van der Waals surface area contributed by atoms with E-state index in [4.69, 9.17) is 0 Å². The van der Waals surface area contributed by atoms with Crippen molar-refractivity contribution in [3.05, 3.63) is 51.1 Å². The van der Waals surface area contributed by atoms with Crippen molar-refractivity contribution in [2.75, 3.05) is 11.9 Å². The predicted molar refractivity (Wildman–Crippen MR) is 71.9 cm³/mol. The molecule has 0 bridgehead atoms. The molecule has 4 heteroatoms. The maximum Gasteiger partial charge on any atom is 0.0753 e. The number of hydrogen-bond donors (Lipinski definition) is 2. The highest BCUT2D eigenvalue weighted by molar-refractivity contribution is 9.10. The monoisotopic (exact) mass is 297 g/mol. The van der Waals surface area contributed by atoms with Crippen molar-refractivity contribution in [2.24, 2.45) is 0 Å². The van der Waals surface area contributed by atoms with Crippen LogP contribution in [0.4, 0.5) is 5.69 Å². The van der Waals surface area contributed by atoms with Gasteiger partial charge in [0.15, 0.2) is 0 Å². The Kier molecular flexibility index (Phi) is 3.98. The highest BCUT2D eigenvalue weighted by Crippen LogP contribution is 2.23. The summed E-state index contributed by atoms with van der Waals surface area (Å²) in [5.41, 5.74) is 2.12. The first-order valence-corrected chi connectivity index (χ1v) is 6.68. The van der Waals surface area contributed by atoms with Crippen molar-refractivity contribution >= 4 is 33.0 Å². The van der Waals surface area contributed by atoms with Crippen LogP contribution in [0.1, 0.15) is 11.6 Å². The second-order valence-corrected chi connectivity index (χ2v) is 5.14. The highest BCUT2D eigenvalue weighted by Gasteiger charge is 2.10. The molecule has 2 nitrogen and oxygen atoms in total. The minimum absolute atomic E-state index is 0.0412. The van der Waals surface area contributed by atoms with Crippen LogP contribution in [0.2, 0.25) is 0 Å². The molecule has 2 N–H and O–H groups in total. The van der Waals surface area contributed by atoms with E-state index in [-0.39, 0.29) is 12.6 Å². The van der Waals surface area contributed by atoms with Gasteiger partial charge in [0, 0.05) is 10.2 Å². The van der Waals surface area contributed by atoms with E-state index in [1.807, 2.05) is 41.1 Å². The number of aliphatic hydroxyl groups excluding tert-OH is 1. The maximum atomic E-state index is 9.36. The summed E-state index contributed by atoms with van der Waals surface area (Å²) >= 11 is 5.06. The minimum atomic E-state index is -0.0412. The van der Waals surface area contributed by atoms with Crippen LogP contribution in [-0.2, 0) is 0 Å². The van der Waals surface area contributed by atoms with Crippen molar-refractivity contribution in [3.8, 4) is 0 Å². The number of aliphatic hydroxyl groups is 1. The largest absolute Gasteiger partial charge is 0.394 e. The Balaban J connectivity index is 2.13. The molecule has 0 aliphatic carbocycles.